The van der Waals surface area contributed by atoms with Crippen LogP contribution in [0.4, 0.5) is 0 Å². The lowest BCUT2D eigenvalue weighted by molar-refractivity contribution is -0.135. The SMILES string of the molecule is C=CC[C@@]1(C)C[C@H](C)[C@@H](c2ccc(Cl)cc2)NC1=O. The lowest BCUT2D eigenvalue weighted by Crippen LogP contribution is -2.49. The van der Waals surface area contributed by atoms with Crippen LogP contribution < -0.4 is 5.32 Å². The van der Waals surface area contributed by atoms with E-state index in [1.165, 1.54) is 0 Å². The quantitative estimate of drug-likeness (QED) is 0.828. The zero-order valence-corrected chi connectivity index (χ0v) is 12.2. The molecule has 0 aromatic heterocycles. The number of piperidine rings is 1. The Morgan fingerprint density at radius 1 is 1.47 bits per heavy atom. The van der Waals surface area contributed by atoms with Gasteiger partial charge in [-0.3, -0.25) is 4.79 Å². The number of allylic oxidation sites excluding steroid dienone is 1. The largest absolute Gasteiger partial charge is 0.349 e. The maximum Gasteiger partial charge on any atom is 0.226 e. The molecule has 1 N–H and O–H groups in total. The Morgan fingerprint density at radius 2 is 2.11 bits per heavy atom. The maximum atomic E-state index is 12.3. The minimum Gasteiger partial charge on any atom is -0.349 e. The van der Waals surface area contributed by atoms with E-state index in [0.29, 0.717) is 5.92 Å². The van der Waals surface area contributed by atoms with Crippen LogP contribution in [0, 0.1) is 11.3 Å². The first-order valence-corrected chi connectivity index (χ1v) is 7.01. The molecule has 2 nitrogen and oxygen atoms in total. The molecule has 1 amide bonds. The number of halogens is 1. The third-order valence-electron chi connectivity index (χ3n) is 4.00. The van der Waals surface area contributed by atoms with Crippen molar-refractivity contribution in [3.05, 3.63) is 47.5 Å². The highest BCUT2D eigenvalue weighted by atomic mass is 35.5. The number of hydrogen-bond donors (Lipinski definition) is 1. The topological polar surface area (TPSA) is 29.1 Å². The molecule has 0 aliphatic carbocycles. The predicted molar refractivity (Wildman–Crippen MR) is 79.0 cm³/mol. The summed E-state index contributed by atoms with van der Waals surface area (Å²) in [5.74, 6) is 0.509. The normalized spacial score (nSPS) is 30.8. The smallest absolute Gasteiger partial charge is 0.226 e. The molecule has 2 rings (SSSR count). The molecule has 1 aromatic rings. The second-order valence-electron chi connectivity index (χ2n) is 5.74. The molecule has 0 unspecified atom stereocenters. The summed E-state index contributed by atoms with van der Waals surface area (Å²) in [5.41, 5.74) is 0.787. The van der Waals surface area contributed by atoms with E-state index in [2.05, 4.69) is 18.8 Å². The van der Waals surface area contributed by atoms with Crippen LogP contribution in [0.15, 0.2) is 36.9 Å². The van der Waals surface area contributed by atoms with Gasteiger partial charge in [0.2, 0.25) is 5.91 Å². The van der Waals surface area contributed by atoms with Gasteiger partial charge in [-0.2, -0.15) is 0 Å². The Morgan fingerprint density at radius 3 is 2.68 bits per heavy atom. The Kier molecular flexibility index (Phi) is 4.00. The fourth-order valence-electron chi connectivity index (χ4n) is 2.96. The van der Waals surface area contributed by atoms with Crippen LogP contribution in [-0.2, 0) is 4.79 Å². The molecule has 3 heteroatoms. The number of carbonyl (C=O) groups excluding carboxylic acids is 1. The monoisotopic (exact) mass is 277 g/mol. The summed E-state index contributed by atoms with van der Waals surface area (Å²) < 4.78 is 0. The third-order valence-corrected chi connectivity index (χ3v) is 4.25. The first-order valence-electron chi connectivity index (χ1n) is 6.63. The van der Waals surface area contributed by atoms with Crippen molar-refractivity contribution in [2.75, 3.05) is 0 Å². The van der Waals surface area contributed by atoms with E-state index in [4.69, 9.17) is 11.6 Å². The van der Waals surface area contributed by atoms with Gasteiger partial charge in [-0.25, -0.2) is 0 Å². The van der Waals surface area contributed by atoms with E-state index < -0.39 is 0 Å². The zero-order valence-electron chi connectivity index (χ0n) is 11.4. The van der Waals surface area contributed by atoms with Crippen molar-refractivity contribution < 1.29 is 4.79 Å². The first-order chi connectivity index (χ1) is 8.96. The molecule has 0 radical (unpaired) electrons. The molecular weight excluding hydrogens is 258 g/mol. The number of amides is 1. The summed E-state index contributed by atoms with van der Waals surface area (Å²) in [4.78, 5) is 12.3. The van der Waals surface area contributed by atoms with E-state index in [0.717, 1.165) is 23.4 Å². The van der Waals surface area contributed by atoms with Gasteiger partial charge in [0, 0.05) is 5.02 Å². The minimum absolute atomic E-state index is 0.0719. The Labute approximate surface area is 119 Å². The van der Waals surface area contributed by atoms with Crippen molar-refractivity contribution in [1.29, 1.82) is 0 Å². The van der Waals surface area contributed by atoms with Crippen LogP contribution in [0.5, 0.6) is 0 Å². The van der Waals surface area contributed by atoms with Crippen molar-refractivity contribution in [2.24, 2.45) is 11.3 Å². The van der Waals surface area contributed by atoms with Gasteiger partial charge in [0.15, 0.2) is 0 Å². The Hall–Kier alpha value is -1.28. The molecule has 102 valence electrons. The zero-order chi connectivity index (χ0) is 14.0. The van der Waals surface area contributed by atoms with Gasteiger partial charge >= 0.3 is 0 Å². The van der Waals surface area contributed by atoms with Crippen molar-refractivity contribution in [3.8, 4) is 0 Å². The molecular formula is C16H20ClNO. The lowest BCUT2D eigenvalue weighted by Gasteiger charge is -2.41. The van der Waals surface area contributed by atoms with Gasteiger partial charge in [-0.1, -0.05) is 43.7 Å². The van der Waals surface area contributed by atoms with Crippen LogP contribution in [-0.4, -0.2) is 5.91 Å². The Balaban J connectivity index is 2.21. The highest BCUT2D eigenvalue weighted by Crippen LogP contribution is 2.41. The molecule has 1 fully saturated rings. The molecule has 0 bridgehead atoms. The highest BCUT2D eigenvalue weighted by Gasteiger charge is 2.41. The summed E-state index contributed by atoms with van der Waals surface area (Å²) in [5, 5.41) is 3.87. The van der Waals surface area contributed by atoms with E-state index in [9.17, 15) is 4.79 Å². The van der Waals surface area contributed by atoms with E-state index in [1.807, 2.05) is 37.3 Å². The van der Waals surface area contributed by atoms with E-state index >= 15 is 0 Å². The van der Waals surface area contributed by atoms with Crippen molar-refractivity contribution in [1.82, 2.24) is 5.32 Å². The van der Waals surface area contributed by atoms with Crippen LogP contribution in [0.25, 0.3) is 0 Å². The molecule has 1 saturated heterocycles. The van der Waals surface area contributed by atoms with Crippen molar-refractivity contribution >= 4 is 17.5 Å². The molecule has 0 saturated carbocycles. The van der Waals surface area contributed by atoms with Crippen LogP contribution >= 0.6 is 11.6 Å². The number of benzene rings is 1. The van der Waals surface area contributed by atoms with Gasteiger partial charge in [0.25, 0.3) is 0 Å². The van der Waals surface area contributed by atoms with Gasteiger partial charge in [0.05, 0.1) is 11.5 Å². The van der Waals surface area contributed by atoms with Crippen LogP contribution in [0.3, 0.4) is 0 Å². The average molecular weight is 278 g/mol. The maximum absolute atomic E-state index is 12.3. The number of hydrogen-bond acceptors (Lipinski definition) is 1. The van der Waals surface area contributed by atoms with Crippen molar-refractivity contribution in [3.63, 3.8) is 0 Å². The summed E-state index contributed by atoms with van der Waals surface area (Å²) in [6.45, 7) is 7.94. The molecule has 3 atom stereocenters. The van der Waals surface area contributed by atoms with E-state index in [1.54, 1.807) is 0 Å². The first kappa shape index (κ1) is 14.1. The standard InChI is InChI=1S/C16H20ClNO/c1-4-9-16(3)10-11(2)14(18-15(16)19)12-5-7-13(17)8-6-12/h4-8,11,14H,1,9-10H2,2-3H3,(H,18,19)/t11-,14-,16-/m0/s1. The van der Waals surface area contributed by atoms with Crippen LogP contribution in [0.2, 0.25) is 5.02 Å². The van der Waals surface area contributed by atoms with Gasteiger partial charge in [-0.05, 0) is 36.5 Å². The van der Waals surface area contributed by atoms with Gasteiger partial charge in [0.1, 0.15) is 0 Å². The number of carbonyl (C=O) groups is 1. The lowest BCUT2D eigenvalue weighted by atomic mass is 9.71. The molecule has 1 heterocycles. The highest BCUT2D eigenvalue weighted by molar-refractivity contribution is 6.30. The molecule has 1 aliphatic heterocycles. The summed E-state index contributed by atoms with van der Waals surface area (Å²) in [6, 6.07) is 7.78. The third kappa shape index (κ3) is 2.84. The van der Waals surface area contributed by atoms with E-state index in [-0.39, 0.29) is 17.4 Å². The number of rotatable bonds is 3. The molecule has 19 heavy (non-hydrogen) atoms. The van der Waals surface area contributed by atoms with Gasteiger partial charge < -0.3 is 5.32 Å². The fourth-order valence-corrected chi connectivity index (χ4v) is 3.08. The molecule has 1 aromatic carbocycles. The number of nitrogens with one attached hydrogen (secondary N) is 1. The van der Waals surface area contributed by atoms with Crippen molar-refractivity contribution in [2.45, 2.75) is 32.7 Å². The minimum atomic E-state index is -0.329. The summed E-state index contributed by atoms with van der Waals surface area (Å²) in [7, 11) is 0. The fraction of sp³-hybridized carbons (Fsp3) is 0.438. The second-order valence-corrected chi connectivity index (χ2v) is 6.17. The van der Waals surface area contributed by atoms with Gasteiger partial charge in [-0.15, -0.1) is 6.58 Å². The Bertz CT molecular complexity index is 482. The summed E-state index contributed by atoms with van der Waals surface area (Å²) in [6.07, 6.45) is 3.42. The summed E-state index contributed by atoms with van der Waals surface area (Å²) >= 11 is 5.90. The van der Waals surface area contributed by atoms with Crippen LogP contribution in [0.1, 0.15) is 38.3 Å². The molecule has 0 spiro atoms. The average Bonchev–Trinajstić information content (AvgIpc) is 2.35. The second kappa shape index (κ2) is 5.38. The molecule has 1 aliphatic rings. The predicted octanol–water partition coefficient (Wildman–Crippen LogP) is 4.12.